The van der Waals surface area contributed by atoms with Crippen molar-refractivity contribution >= 4 is 11.6 Å². The van der Waals surface area contributed by atoms with Crippen LogP contribution < -0.4 is 10.2 Å². The summed E-state index contributed by atoms with van der Waals surface area (Å²) in [5.74, 6) is 1.56. The number of aryl methyl sites for hydroxylation is 1. The highest BCUT2D eigenvalue weighted by Crippen LogP contribution is 2.20. The SMILES string of the molecule is C=C(C)C(=O)c1ccc(OC=C2N=C(C)NO2)cc1C. The highest BCUT2D eigenvalue weighted by molar-refractivity contribution is 6.08. The average Bonchev–Trinajstić information content (AvgIpc) is 2.81. The van der Waals surface area contributed by atoms with Gasteiger partial charge < -0.3 is 9.57 Å². The summed E-state index contributed by atoms with van der Waals surface area (Å²) in [5, 5.41) is 0. The Morgan fingerprint density at radius 3 is 2.75 bits per heavy atom. The van der Waals surface area contributed by atoms with E-state index < -0.39 is 0 Å². The first-order chi connectivity index (χ1) is 9.47. The second kappa shape index (κ2) is 5.61. The number of rotatable bonds is 4. The largest absolute Gasteiger partial charge is 0.459 e. The van der Waals surface area contributed by atoms with Crippen molar-refractivity contribution in [3.8, 4) is 5.75 Å². The molecule has 0 aromatic heterocycles. The number of ketones is 1. The molecule has 2 rings (SSSR count). The molecule has 0 atom stereocenters. The zero-order valence-electron chi connectivity index (χ0n) is 11.7. The molecule has 0 saturated carbocycles. The van der Waals surface area contributed by atoms with Crippen molar-refractivity contribution in [2.24, 2.45) is 4.99 Å². The minimum atomic E-state index is -0.0593. The fourth-order valence-electron chi connectivity index (χ4n) is 1.70. The number of benzene rings is 1. The first-order valence-electron chi connectivity index (χ1n) is 6.13. The Balaban J connectivity index is 2.14. The smallest absolute Gasteiger partial charge is 0.282 e. The Bertz CT molecular complexity index is 630. The number of carbonyl (C=O) groups is 1. The van der Waals surface area contributed by atoms with Gasteiger partial charge in [0.1, 0.15) is 11.6 Å². The number of carbonyl (C=O) groups excluding carboxylic acids is 1. The molecule has 5 heteroatoms. The van der Waals surface area contributed by atoms with E-state index in [4.69, 9.17) is 9.57 Å². The molecule has 1 aliphatic heterocycles. The molecule has 20 heavy (non-hydrogen) atoms. The van der Waals surface area contributed by atoms with E-state index >= 15 is 0 Å². The topological polar surface area (TPSA) is 59.9 Å². The minimum absolute atomic E-state index is 0.0593. The van der Waals surface area contributed by atoms with Crippen molar-refractivity contribution in [1.29, 1.82) is 0 Å². The number of amidine groups is 1. The molecule has 104 valence electrons. The number of allylic oxidation sites excluding steroid dienone is 1. The van der Waals surface area contributed by atoms with Gasteiger partial charge in [-0.3, -0.25) is 4.79 Å². The number of hydroxylamine groups is 1. The van der Waals surface area contributed by atoms with Gasteiger partial charge in [0.2, 0.25) is 0 Å². The fourth-order valence-corrected chi connectivity index (χ4v) is 1.70. The van der Waals surface area contributed by atoms with Gasteiger partial charge in [-0.1, -0.05) is 6.58 Å². The Hall–Kier alpha value is -2.56. The lowest BCUT2D eigenvalue weighted by Crippen LogP contribution is -2.11. The monoisotopic (exact) mass is 272 g/mol. The number of hydrogen-bond acceptors (Lipinski definition) is 5. The molecular weight excluding hydrogens is 256 g/mol. The van der Waals surface area contributed by atoms with Crippen molar-refractivity contribution in [3.05, 3.63) is 53.6 Å². The maximum Gasteiger partial charge on any atom is 0.282 e. The Morgan fingerprint density at radius 1 is 1.45 bits per heavy atom. The molecule has 0 bridgehead atoms. The number of ether oxygens (including phenoxy) is 1. The number of hydrogen-bond donors (Lipinski definition) is 1. The summed E-state index contributed by atoms with van der Waals surface area (Å²) in [7, 11) is 0. The molecule has 0 fully saturated rings. The van der Waals surface area contributed by atoms with E-state index in [1.54, 1.807) is 32.0 Å². The van der Waals surface area contributed by atoms with Crippen LogP contribution in [0.15, 0.2) is 47.5 Å². The van der Waals surface area contributed by atoms with Crippen molar-refractivity contribution in [2.45, 2.75) is 20.8 Å². The molecule has 1 aromatic carbocycles. The van der Waals surface area contributed by atoms with Crippen LogP contribution in [-0.4, -0.2) is 11.6 Å². The number of Topliss-reactive ketones (excluding diaryl/α,β-unsaturated/α-hetero) is 1. The van der Waals surface area contributed by atoms with Gasteiger partial charge in [-0.2, -0.15) is 4.99 Å². The van der Waals surface area contributed by atoms with Gasteiger partial charge in [-0.05, 0) is 50.1 Å². The summed E-state index contributed by atoms with van der Waals surface area (Å²) < 4.78 is 5.45. The predicted molar refractivity (Wildman–Crippen MR) is 76.4 cm³/mol. The van der Waals surface area contributed by atoms with Gasteiger partial charge in [0.25, 0.3) is 5.88 Å². The van der Waals surface area contributed by atoms with Crippen molar-refractivity contribution in [3.63, 3.8) is 0 Å². The van der Waals surface area contributed by atoms with Crippen LogP contribution in [0.4, 0.5) is 0 Å². The molecular formula is C15H16N2O3. The quantitative estimate of drug-likeness (QED) is 0.520. The van der Waals surface area contributed by atoms with Gasteiger partial charge in [0.05, 0.1) is 0 Å². The molecule has 5 nitrogen and oxygen atoms in total. The standard InChI is InChI=1S/C15H16N2O3/c1-9(2)15(18)13-6-5-12(7-10(13)3)19-8-14-16-11(4)17-20-14/h5-8H,1H2,2-4H3,(H,16,17). The minimum Gasteiger partial charge on any atom is -0.459 e. The third kappa shape index (κ3) is 3.06. The predicted octanol–water partition coefficient (Wildman–Crippen LogP) is 2.88. The summed E-state index contributed by atoms with van der Waals surface area (Å²) in [5.41, 5.74) is 4.58. The van der Waals surface area contributed by atoms with Crippen LogP contribution in [-0.2, 0) is 4.84 Å². The second-order valence-corrected chi connectivity index (χ2v) is 4.56. The zero-order valence-corrected chi connectivity index (χ0v) is 11.7. The van der Waals surface area contributed by atoms with E-state index in [0.717, 1.165) is 5.56 Å². The van der Waals surface area contributed by atoms with E-state index in [2.05, 4.69) is 17.1 Å². The molecule has 0 spiro atoms. The van der Waals surface area contributed by atoms with Crippen LogP contribution >= 0.6 is 0 Å². The van der Waals surface area contributed by atoms with Gasteiger partial charge in [0.15, 0.2) is 12.0 Å². The molecule has 1 N–H and O–H groups in total. The highest BCUT2D eigenvalue weighted by atomic mass is 16.7. The lowest BCUT2D eigenvalue weighted by molar-refractivity contribution is 0.103. The van der Waals surface area contributed by atoms with E-state index in [-0.39, 0.29) is 5.78 Å². The molecule has 0 amide bonds. The van der Waals surface area contributed by atoms with Gasteiger partial charge in [0, 0.05) is 5.56 Å². The fraction of sp³-hybridized carbons (Fsp3) is 0.200. The van der Waals surface area contributed by atoms with E-state index in [9.17, 15) is 4.79 Å². The van der Waals surface area contributed by atoms with Crippen molar-refractivity contribution < 1.29 is 14.4 Å². The highest BCUT2D eigenvalue weighted by Gasteiger charge is 2.11. The van der Waals surface area contributed by atoms with Crippen LogP contribution in [0, 0.1) is 6.92 Å². The van der Waals surface area contributed by atoms with Crippen LogP contribution in [0.25, 0.3) is 0 Å². The Morgan fingerprint density at radius 2 is 2.20 bits per heavy atom. The van der Waals surface area contributed by atoms with Crippen LogP contribution in [0.1, 0.15) is 29.8 Å². The van der Waals surface area contributed by atoms with Crippen LogP contribution in [0.5, 0.6) is 5.75 Å². The van der Waals surface area contributed by atoms with Gasteiger partial charge in [-0.25, -0.2) is 5.48 Å². The molecule has 1 aliphatic rings. The van der Waals surface area contributed by atoms with E-state index in [1.807, 2.05) is 6.92 Å². The molecule has 0 radical (unpaired) electrons. The van der Waals surface area contributed by atoms with Gasteiger partial charge >= 0.3 is 0 Å². The second-order valence-electron chi connectivity index (χ2n) is 4.56. The number of aliphatic imine (C=N–C) groups is 1. The lowest BCUT2D eigenvalue weighted by Gasteiger charge is -2.07. The first kappa shape index (κ1) is 13.9. The maximum atomic E-state index is 11.9. The summed E-state index contributed by atoms with van der Waals surface area (Å²) in [4.78, 5) is 21.0. The molecule has 1 heterocycles. The van der Waals surface area contributed by atoms with E-state index in [1.165, 1.54) is 6.26 Å². The summed E-state index contributed by atoms with van der Waals surface area (Å²) in [6.07, 6.45) is 1.40. The zero-order chi connectivity index (χ0) is 14.7. The normalized spacial score (nSPS) is 15.3. The van der Waals surface area contributed by atoms with Crippen molar-refractivity contribution in [1.82, 2.24) is 5.48 Å². The van der Waals surface area contributed by atoms with Gasteiger partial charge in [-0.15, -0.1) is 0 Å². The third-order valence-corrected chi connectivity index (χ3v) is 2.71. The maximum absolute atomic E-state index is 11.9. The molecule has 0 aliphatic carbocycles. The summed E-state index contributed by atoms with van der Waals surface area (Å²) in [6, 6.07) is 5.23. The number of nitrogens with zero attached hydrogens (tertiary/aromatic N) is 1. The third-order valence-electron chi connectivity index (χ3n) is 2.71. The van der Waals surface area contributed by atoms with E-state index in [0.29, 0.717) is 28.6 Å². The first-order valence-corrected chi connectivity index (χ1v) is 6.13. The molecule has 0 saturated heterocycles. The lowest BCUT2D eigenvalue weighted by atomic mass is 10.0. The summed E-state index contributed by atoms with van der Waals surface area (Å²) in [6.45, 7) is 8.99. The van der Waals surface area contributed by atoms with Crippen LogP contribution in [0.2, 0.25) is 0 Å². The number of nitrogens with one attached hydrogen (secondary N) is 1. The van der Waals surface area contributed by atoms with Crippen LogP contribution in [0.3, 0.4) is 0 Å². The molecule has 1 aromatic rings. The summed E-state index contributed by atoms with van der Waals surface area (Å²) >= 11 is 0. The van der Waals surface area contributed by atoms with Crippen molar-refractivity contribution in [2.75, 3.05) is 0 Å². The Labute approximate surface area is 117 Å². The average molecular weight is 272 g/mol. The Kier molecular flexibility index (Phi) is 3.89. The molecule has 0 unspecified atom stereocenters.